The summed E-state index contributed by atoms with van der Waals surface area (Å²) in [6.07, 6.45) is 6.46. The summed E-state index contributed by atoms with van der Waals surface area (Å²) >= 11 is 11.8. The lowest BCUT2D eigenvalue weighted by molar-refractivity contribution is 0.102. The van der Waals surface area contributed by atoms with Crippen LogP contribution in [0.1, 0.15) is 36.0 Å². The Morgan fingerprint density at radius 2 is 1.78 bits per heavy atom. The summed E-state index contributed by atoms with van der Waals surface area (Å²) < 4.78 is 0. The van der Waals surface area contributed by atoms with Gasteiger partial charge in [0.05, 0.1) is 5.56 Å². The molecule has 0 spiro atoms. The molecule has 1 aromatic carbocycles. The minimum absolute atomic E-state index is 0.247. The Hall–Kier alpha value is -1.78. The summed E-state index contributed by atoms with van der Waals surface area (Å²) in [5.41, 5.74) is 1.04. The largest absolute Gasteiger partial charge is 0.367 e. The molecule has 6 heteroatoms. The molecule has 0 aliphatic heterocycles. The Morgan fingerprint density at radius 1 is 1.09 bits per heavy atom. The fraction of sp³-hybridized carbons (Fsp3) is 0.294. The highest BCUT2D eigenvalue weighted by atomic mass is 35.5. The third kappa shape index (κ3) is 4.36. The topological polar surface area (TPSA) is 54.0 Å². The number of pyridine rings is 1. The van der Waals surface area contributed by atoms with Gasteiger partial charge in [-0.2, -0.15) is 0 Å². The number of benzene rings is 1. The van der Waals surface area contributed by atoms with Gasteiger partial charge in [0, 0.05) is 28.0 Å². The van der Waals surface area contributed by atoms with E-state index < -0.39 is 0 Å². The maximum absolute atomic E-state index is 12.2. The van der Waals surface area contributed by atoms with Crippen LogP contribution < -0.4 is 10.6 Å². The first-order valence-electron chi connectivity index (χ1n) is 7.60. The number of hydrogen-bond donors (Lipinski definition) is 2. The lowest BCUT2D eigenvalue weighted by Gasteiger charge is -2.12. The van der Waals surface area contributed by atoms with Crippen molar-refractivity contribution in [1.29, 1.82) is 0 Å². The van der Waals surface area contributed by atoms with Crippen molar-refractivity contribution in [2.24, 2.45) is 0 Å². The molecule has 4 nitrogen and oxygen atoms in total. The zero-order chi connectivity index (χ0) is 16.2. The normalized spacial score (nSPS) is 14.7. The minimum atomic E-state index is -0.247. The van der Waals surface area contributed by atoms with Gasteiger partial charge >= 0.3 is 0 Å². The maximum atomic E-state index is 12.2. The molecule has 0 radical (unpaired) electrons. The third-order valence-electron chi connectivity index (χ3n) is 3.85. The second-order valence-electron chi connectivity index (χ2n) is 5.67. The summed E-state index contributed by atoms with van der Waals surface area (Å²) in [4.78, 5) is 16.6. The van der Waals surface area contributed by atoms with Crippen LogP contribution in [-0.4, -0.2) is 16.9 Å². The molecular formula is C17H17Cl2N3O. The van der Waals surface area contributed by atoms with Crippen molar-refractivity contribution in [2.45, 2.75) is 31.7 Å². The van der Waals surface area contributed by atoms with E-state index >= 15 is 0 Å². The lowest BCUT2D eigenvalue weighted by atomic mass is 10.2. The highest BCUT2D eigenvalue weighted by molar-refractivity contribution is 6.35. The standard InChI is InChI=1S/C17H17Cl2N3O/c18-12-7-13(19)9-15(8-12)22-17(23)11-5-6-16(20-10-11)21-14-3-1-2-4-14/h5-10,14H,1-4H2,(H,20,21)(H,22,23). The second-order valence-corrected chi connectivity index (χ2v) is 6.54. The average Bonchev–Trinajstić information content (AvgIpc) is 3.00. The zero-order valence-corrected chi connectivity index (χ0v) is 14.0. The molecule has 3 rings (SSSR count). The molecule has 2 aromatic rings. The number of nitrogens with one attached hydrogen (secondary N) is 2. The zero-order valence-electron chi connectivity index (χ0n) is 12.5. The summed E-state index contributed by atoms with van der Waals surface area (Å²) in [6.45, 7) is 0. The number of carbonyl (C=O) groups is 1. The van der Waals surface area contributed by atoms with Crippen molar-refractivity contribution in [1.82, 2.24) is 4.98 Å². The van der Waals surface area contributed by atoms with Crippen molar-refractivity contribution in [2.75, 3.05) is 10.6 Å². The van der Waals surface area contributed by atoms with Crippen LogP contribution in [0.25, 0.3) is 0 Å². The van der Waals surface area contributed by atoms with Crippen LogP contribution in [0.3, 0.4) is 0 Å². The van der Waals surface area contributed by atoms with E-state index in [9.17, 15) is 4.79 Å². The van der Waals surface area contributed by atoms with Gasteiger partial charge in [0.15, 0.2) is 0 Å². The van der Waals surface area contributed by atoms with Crippen LogP contribution in [0.4, 0.5) is 11.5 Å². The van der Waals surface area contributed by atoms with Crippen molar-refractivity contribution < 1.29 is 4.79 Å². The van der Waals surface area contributed by atoms with Crippen LogP contribution in [0.5, 0.6) is 0 Å². The molecule has 1 aliphatic carbocycles. The van der Waals surface area contributed by atoms with E-state index in [4.69, 9.17) is 23.2 Å². The molecule has 0 atom stereocenters. The molecular weight excluding hydrogens is 333 g/mol. The number of aromatic nitrogens is 1. The minimum Gasteiger partial charge on any atom is -0.367 e. The number of rotatable bonds is 4. The van der Waals surface area contributed by atoms with Gasteiger partial charge in [-0.3, -0.25) is 4.79 Å². The van der Waals surface area contributed by atoms with Gasteiger partial charge in [-0.1, -0.05) is 36.0 Å². The first kappa shape index (κ1) is 16.1. The molecule has 1 saturated carbocycles. The molecule has 1 heterocycles. The summed E-state index contributed by atoms with van der Waals surface area (Å²) in [5, 5.41) is 7.11. The Kier molecular flexibility index (Phi) is 5.03. The summed E-state index contributed by atoms with van der Waals surface area (Å²) in [5.74, 6) is 0.558. The number of anilines is 2. The van der Waals surface area contributed by atoms with Gasteiger partial charge in [-0.25, -0.2) is 4.98 Å². The molecule has 0 bridgehead atoms. The fourth-order valence-electron chi connectivity index (χ4n) is 2.72. The predicted octanol–water partition coefficient (Wildman–Crippen LogP) is 5.00. The van der Waals surface area contributed by atoms with Crippen molar-refractivity contribution in [3.8, 4) is 0 Å². The fourth-order valence-corrected chi connectivity index (χ4v) is 3.25. The number of nitrogens with zero attached hydrogens (tertiary/aromatic N) is 1. The number of halogens is 2. The maximum Gasteiger partial charge on any atom is 0.257 e. The Balaban J connectivity index is 1.65. The monoisotopic (exact) mass is 349 g/mol. The molecule has 23 heavy (non-hydrogen) atoms. The molecule has 1 fully saturated rings. The molecule has 0 saturated heterocycles. The highest BCUT2D eigenvalue weighted by Gasteiger charge is 2.15. The Bertz CT molecular complexity index is 677. The van der Waals surface area contributed by atoms with Crippen LogP contribution in [0, 0.1) is 0 Å². The lowest BCUT2D eigenvalue weighted by Crippen LogP contribution is -2.16. The van der Waals surface area contributed by atoms with Gasteiger partial charge in [0.25, 0.3) is 5.91 Å². The van der Waals surface area contributed by atoms with Gasteiger partial charge in [0.1, 0.15) is 5.82 Å². The van der Waals surface area contributed by atoms with E-state index in [0.717, 1.165) is 5.82 Å². The highest BCUT2D eigenvalue weighted by Crippen LogP contribution is 2.23. The van der Waals surface area contributed by atoms with Crippen LogP contribution in [-0.2, 0) is 0 Å². The number of carbonyl (C=O) groups excluding carboxylic acids is 1. The molecule has 1 amide bonds. The molecule has 1 aromatic heterocycles. The van der Waals surface area contributed by atoms with E-state index in [1.165, 1.54) is 25.7 Å². The molecule has 120 valence electrons. The van der Waals surface area contributed by atoms with Crippen LogP contribution in [0.15, 0.2) is 36.5 Å². The SMILES string of the molecule is O=C(Nc1cc(Cl)cc(Cl)c1)c1ccc(NC2CCCC2)nc1. The first-order valence-corrected chi connectivity index (χ1v) is 8.36. The summed E-state index contributed by atoms with van der Waals surface area (Å²) in [6, 6.07) is 8.99. The van der Waals surface area contributed by atoms with Crippen molar-refractivity contribution in [3.05, 3.63) is 52.1 Å². The smallest absolute Gasteiger partial charge is 0.257 e. The first-order chi connectivity index (χ1) is 11.1. The average molecular weight is 350 g/mol. The van der Waals surface area contributed by atoms with Crippen molar-refractivity contribution in [3.63, 3.8) is 0 Å². The van der Waals surface area contributed by atoms with Crippen LogP contribution in [0.2, 0.25) is 10.0 Å². The van der Waals surface area contributed by atoms with E-state index in [0.29, 0.717) is 27.3 Å². The van der Waals surface area contributed by atoms with Gasteiger partial charge in [-0.15, -0.1) is 0 Å². The van der Waals surface area contributed by atoms with E-state index in [1.807, 2.05) is 6.07 Å². The van der Waals surface area contributed by atoms with E-state index in [1.54, 1.807) is 30.5 Å². The van der Waals surface area contributed by atoms with E-state index in [2.05, 4.69) is 15.6 Å². The molecule has 2 N–H and O–H groups in total. The number of amides is 1. The summed E-state index contributed by atoms with van der Waals surface area (Å²) in [7, 11) is 0. The Morgan fingerprint density at radius 3 is 2.39 bits per heavy atom. The van der Waals surface area contributed by atoms with Gasteiger partial charge < -0.3 is 10.6 Å². The number of hydrogen-bond acceptors (Lipinski definition) is 3. The van der Waals surface area contributed by atoms with Crippen molar-refractivity contribution >= 4 is 40.6 Å². The Labute approximate surface area is 145 Å². The van der Waals surface area contributed by atoms with Gasteiger partial charge in [-0.05, 0) is 43.2 Å². The molecule has 0 unspecified atom stereocenters. The molecule has 1 aliphatic rings. The quantitative estimate of drug-likeness (QED) is 0.816. The van der Waals surface area contributed by atoms with Crippen LogP contribution >= 0.6 is 23.2 Å². The predicted molar refractivity (Wildman–Crippen MR) is 94.5 cm³/mol. The second kappa shape index (κ2) is 7.20. The van der Waals surface area contributed by atoms with E-state index in [-0.39, 0.29) is 5.91 Å². The third-order valence-corrected chi connectivity index (χ3v) is 4.29. The van der Waals surface area contributed by atoms with Gasteiger partial charge in [0.2, 0.25) is 0 Å².